The highest BCUT2D eigenvalue weighted by Crippen LogP contribution is 2.51. The van der Waals surface area contributed by atoms with Crippen LogP contribution >= 0.6 is 23.5 Å². The maximum absolute atomic E-state index is 4.20. The van der Waals surface area contributed by atoms with Crippen LogP contribution in [0, 0.1) is 0 Å². The van der Waals surface area contributed by atoms with Crippen molar-refractivity contribution >= 4 is 23.5 Å². The first-order chi connectivity index (χ1) is 11.2. The Morgan fingerprint density at radius 1 is 1.26 bits per heavy atom. The highest BCUT2D eigenvalue weighted by molar-refractivity contribution is 8.21. The summed E-state index contributed by atoms with van der Waals surface area (Å²) in [6, 6.07) is 9.16. The fourth-order valence-corrected chi connectivity index (χ4v) is 6.89. The van der Waals surface area contributed by atoms with Gasteiger partial charge in [0.1, 0.15) is 0 Å². The van der Waals surface area contributed by atoms with Crippen molar-refractivity contribution in [3.63, 3.8) is 0 Å². The number of aromatic nitrogens is 2. The SMILES string of the molecule is CCc1ccc(CCCC2(Cn3ccnc3)SCC(C)S2)cc1. The average molecular weight is 347 g/mol. The van der Waals surface area contributed by atoms with Gasteiger partial charge in [-0.1, -0.05) is 38.1 Å². The monoisotopic (exact) mass is 346 g/mol. The minimum Gasteiger partial charge on any atom is -0.335 e. The van der Waals surface area contributed by atoms with E-state index >= 15 is 0 Å². The number of thioether (sulfide) groups is 2. The highest BCUT2D eigenvalue weighted by Gasteiger charge is 2.38. The Kier molecular flexibility index (Phi) is 5.76. The van der Waals surface area contributed by atoms with Gasteiger partial charge in [0.15, 0.2) is 0 Å². The summed E-state index contributed by atoms with van der Waals surface area (Å²) in [7, 11) is 0. The summed E-state index contributed by atoms with van der Waals surface area (Å²) >= 11 is 4.32. The molecule has 4 heteroatoms. The quantitative estimate of drug-likeness (QED) is 0.700. The van der Waals surface area contributed by atoms with Gasteiger partial charge in [-0.15, -0.1) is 23.5 Å². The second-order valence-electron chi connectivity index (χ2n) is 6.41. The first-order valence-corrected chi connectivity index (χ1v) is 10.4. The number of nitrogens with zero attached hydrogens (tertiary/aromatic N) is 2. The molecular formula is C19H26N2S2. The zero-order chi connectivity index (χ0) is 16.1. The number of aryl methyl sites for hydroxylation is 2. The highest BCUT2D eigenvalue weighted by atomic mass is 32.2. The molecular weight excluding hydrogens is 320 g/mol. The second-order valence-corrected chi connectivity index (χ2v) is 9.89. The van der Waals surface area contributed by atoms with Gasteiger partial charge in [-0.3, -0.25) is 0 Å². The lowest BCUT2D eigenvalue weighted by atomic mass is 10.0. The van der Waals surface area contributed by atoms with Crippen molar-refractivity contribution in [2.75, 3.05) is 5.75 Å². The molecule has 0 N–H and O–H groups in total. The van der Waals surface area contributed by atoms with Gasteiger partial charge in [-0.2, -0.15) is 0 Å². The topological polar surface area (TPSA) is 17.8 Å². The van der Waals surface area contributed by atoms with Gasteiger partial charge in [0.2, 0.25) is 0 Å². The molecule has 2 nitrogen and oxygen atoms in total. The number of benzene rings is 1. The van der Waals surface area contributed by atoms with Crippen LogP contribution in [0.25, 0.3) is 0 Å². The van der Waals surface area contributed by atoms with Crippen molar-refractivity contribution < 1.29 is 0 Å². The van der Waals surface area contributed by atoms with E-state index in [4.69, 9.17) is 0 Å². The molecule has 1 aliphatic rings. The molecule has 124 valence electrons. The Balaban J connectivity index is 1.58. The molecule has 1 saturated heterocycles. The molecule has 23 heavy (non-hydrogen) atoms. The van der Waals surface area contributed by atoms with Gasteiger partial charge < -0.3 is 4.57 Å². The van der Waals surface area contributed by atoms with Gasteiger partial charge in [-0.25, -0.2) is 4.98 Å². The summed E-state index contributed by atoms with van der Waals surface area (Å²) in [6.45, 7) is 5.64. The van der Waals surface area contributed by atoms with Gasteiger partial charge in [0.25, 0.3) is 0 Å². The molecule has 0 aliphatic carbocycles. The summed E-state index contributed by atoms with van der Waals surface area (Å²) in [6.07, 6.45) is 10.8. The van der Waals surface area contributed by atoms with Crippen LogP contribution in [-0.4, -0.2) is 24.6 Å². The van der Waals surface area contributed by atoms with E-state index < -0.39 is 0 Å². The van der Waals surface area contributed by atoms with Gasteiger partial charge in [0.05, 0.1) is 10.4 Å². The number of hydrogen-bond acceptors (Lipinski definition) is 3. The fourth-order valence-electron chi connectivity index (χ4n) is 3.16. The van der Waals surface area contributed by atoms with Crippen LogP contribution < -0.4 is 0 Å². The molecule has 0 spiro atoms. The summed E-state index contributed by atoms with van der Waals surface area (Å²) in [5.74, 6) is 1.27. The van der Waals surface area contributed by atoms with Gasteiger partial charge >= 0.3 is 0 Å². The molecule has 3 rings (SSSR count). The molecule has 1 aromatic heterocycles. The van der Waals surface area contributed by atoms with Crippen LogP contribution in [0.4, 0.5) is 0 Å². The fraction of sp³-hybridized carbons (Fsp3) is 0.526. The predicted octanol–water partition coefficient (Wildman–Crippen LogP) is 5.03. The molecule has 2 aromatic rings. The molecule has 0 amide bonds. The molecule has 2 unspecified atom stereocenters. The van der Waals surface area contributed by atoms with Crippen molar-refractivity contribution in [3.8, 4) is 0 Å². The van der Waals surface area contributed by atoms with E-state index in [9.17, 15) is 0 Å². The molecule has 1 aliphatic heterocycles. The first-order valence-electron chi connectivity index (χ1n) is 8.54. The Morgan fingerprint density at radius 2 is 2.04 bits per heavy atom. The zero-order valence-corrected chi connectivity index (χ0v) is 15.7. The Labute approximate surface area is 148 Å². The molecule has 1 fully saturated rings. The minimum atomic E-state index is 0.323. The van der Waals surface area contributed by atoms with E-state index in [0.717, 1.165) is 18.2 Å². The average Bonchev–Trinajstić information content (AvgIpc) is 3.19. The standard InChI is InChI=1S/C19H26N2S2/c1-3-17-6-8-18(9-7-17)5-4-10-19(22-13-16(2)23-19)14-21-12-11-20-15-21/h6-9,11-12,15-16H,3-5,10,13-14H2,1-2H3. The third-order valence-corrected chi connectivity index (χ3v) is 8.15. The predicted molar refractivity (Wildman–Crippen MR) is 103 cm³/mol. The third-order valence-electron chi connectivity index (χ3n) is 4.43. The lowest BCUT2D eigenvalue weighted by molar-refractivity contribution is 0.571. The smallest absolute Gasteiger partial charge is 0.0946 e. The van der Waals surface area contributed by atoms with Crippen molar-refractivity contribution in [2.45, 2.75) is 55.4 Å². The van der Waals surface area contributed by atoms with E-state index in [1.165, 1.54) is 36.1 Å². The largest absolute Gasteiger partial charge is 0.335 e. The van der Waals surface area contributed by atoms with E-state index in [0.29, 0.717) is 4.08 Å². The van der Waals surface area contributed by atoms with E-state index in [1.807, 2.05) is 12.5 Å². The van der Waals surface area contributed by atoms with Crippen molar-refractivity contribution in [2.24, 2.45) is 0 Å². The molecule has 0 radical (unpaired) electrons. The molecule has 0 saturated carbocycles. The number of imidazole rings is 1. The lowest BCUT2D eigenvalue weighted by Gasteiger charge is -2.28. The number of rotatable bonds is 7. The van der Waals surface area contributed by atoms with Crippen LogP contribution in [0.2, 0.25) is 0 Å². The summed E-state index contributed by atoms with van der Waals surface area (Å²) < 4.78 is 2.57. The van der Waals surface area contributed by atoms with Crippen LogP contribution in [0.1, 0.15) is 37.8 Å². The van der Waals surface area contributed by atoms with Crippen LogP contribution in [-0.2, 0) is 19.4 Å². The maximum atomic E-state index is 4.20. The van der Waals surface area contributed by atoms with Crippen molar-refractivity contribution in [1.82, 2.24) is 9.55 Å². The van der Waals surface area contributed by atoms with Crippen LogP contribution in [0.3, 0.4) is 0 Å². The minimum absolute atomic E-state index is 0.323. The van der Waals surface area contributed by atoms with Crippen LogP contribution in [0.15, 0.2) is 43.0 Å². The van der Waals surface area contributed by atoms with Crippen molar-refractivity contribution in [1.29, 1.82) is 0 Å². The Morgan fingerprint density at radius 3 is 2.65 bits per heavy atom. The third kappa shape index (κ3) is 4.57. The van der Waals surface area contributed by atoms with Gasteiger partial charge in [0, 0.05) is 29.9 Å². The summed E-state index contributed by atoms with van der Waals surface area (Å²) in [5.41, 5.74) is 2.90. The second kappa shape index (κ2) is 7.80. The Bertz CT molecular complexity index is 594. The molecule has 0 bridgehead atoms. The van der Waals surface area contributed by atoms with Gasteiger partial charge in [-0.05, 0) is 36.8 Å². The maximum Gasteiger partial charge on any atom is 0.0946 e. The Hall–Kier alpha value is -0.870. The first kappa shape index (κ1) is 17.0. The summed E-state index contributed by atoms with van der Waals surface area (Å²) in [5, 5.41) is 0.757. The van der Waals surface area contributed by atoms with E-state index in [1.54, 1.807) is 0 Å². The molecule has 2 heterocycles. The number of hydrogen-bond donors (Lipinski definition) is 0. The van der Waals surface area contributed by atoms with E-state index in [2.05, 4.69) is 77.4 Å². The zero-order valence-electron chi connectivity index (χ0n) is 14.1. The normalized spacial score (nSPS) is 24.2. The van der Waals surface area contributed by atoms with Crippen LogP contribution in [0.5, 0.6) is 0 Å². The summed E-state index contributed by atoms with van der Waals surface area (Å²) in [4.78, 5) is 4.20. The lowest BCUT2D eigenvalue weighted by Crippen LogP contribution is -2.24. The van der Waals surface area contributed by atoms with Crippen molar-refractivity contribution in [3.05, 3.63) is 54.1 Å². The molecule has 1 aromatic carbocycles. The molecule has 2 atom stereocenters. The van der Waals surface area contributed by atoms with E-state index in [-0.39, 0.29) is 0 Å².